The summed E-state index contributed by atoms with van der Waals surface area (Å²) in [4.78, 5) is 22.3. The molecular weight excluding hydrogens is 581 g/mol. The van der Waals surface area contributed by atoms with Crippen molar-refractivity contribution in [3.63, 3.8) is 0 Å². The van der Waals surface area contributed by atoms with Crippen molar-refractivity contribution >= 4 is 60.2 Å². The Kier molecular flexibility index (Phi) is 8.89. The molecule has 1 amide bonds. The highest BCUT2D eigenvalue weighted by molar-refractivity contribution is 6.76. The van der Waals surface area contributed by atoms with Crippen LogP contribution in [-0.2, 0) is 16.3 Å². The molecule has 0 unspecified atom stereocenters. The van der Waals surface area contributed by atoms with Crippen molar-refractivity contribution in [3.05, 3.63) is 77.1 Å². The highest BCUT2D eigenvalue weighted by Crippen LogP contribution is 2.36. The number of rotatable bonds is 10. The quantitative estimate of drug-likeness (QED) is 0.129. The molecule has 2 aromatic heterocycles. The fourth-order valence-electron chi connectivity index (χ4n) is 5.56. The Morgan fingerprint density at radius 1 is 0.978 bits per heavy atom. The van der Waals surface area contributed by atoms with Gasteiger partial charge in [-0.3, -0.25) is 4.79 Å². The zero-order chi connectivity index (χ0) is 31.6. The maximum Gasteiger partial charge on any atom is 0.256 e. The zero-order valence-corrected chi connectivity index (χ0v) is 27.8. The topological polar surface area (TPSA) is 84.8 Å². The average Bonchev–Trinajstić information content (AvgIpc) is 3.53. The number of methoxy groups -OCH3 is 1. The molecule has 0 saturated carbocycles. The molecule has 4 heterocycles. The van der Waals surface area contributed by atoms with Crippen molar-refractivity contribution < 1.29 is 14.3 Å². The minimum absolute atomic E-state index is 0.127. The summed E-state index contributed by atoms with van der Waals surface area (Å²) in [5.41, 5.74) is 5.95. The average molecular weight is 623 g/mol. The van der Waals surface area contributed by atoms with E-state index in [2.05, 4.69) is 72.1 Å². The summed E-state index contributed by atoms with van der Waals surface area (Å²) in [5, 5.41) is 8.92. The SMILES string of the molecule is COc1ccc2c(c1)/C(=C\c1ccc3c(/C=C/c4ccc(N5CCN(C)CC5)nc4)nn(COCC[Si](C)(C)C)c3c1)C(=O)N2. The first kappa shape index (κ1) is 30.8. The molecule has 6 rings (SSSR count). The van der Waals surface area contributed by atoms with Crippen LogP contribution in [0.15, 0.2) is 54.7 Å². The third-order valence-electron chi connectivity index (χ3n) is 8.37. The predicted molar refractivity (Wildman–Crippen MR) is 186 cm³/mol. The van der Waals surface area contributed by atoms with Gasteiger partial charge in [0.25, 0.3) is 5.91 Å². The van der Waals surface area contributed by atoms with E-state index >= 15 is 0 Å². The van der Waals surface area contributed by atoms with Crippen molar-refractivity contribution in [2.45, 2.75) is 32.4 Å². The Bertz CT molecular complexity index is 1750. The summed E-state index contributed by atoms with van der Waals surface area (Å²) in [6, 6.07) is 17.1. The molecule has 9 nitrogen and oxygen atoms in total. The molecule has 0 spiro atoms. The summed E-state index contributed by atoms with van der Waals surface area (Å²) < 4.78 is 13.4. The van der Waals surface area contributed by atoms with E-state index in [9.17, 15) is 4.79 Å². The van der Waals surface area contributed by atoms with Crippen molar-refractivity contribution in [2.75, 3.05) is 57.2 Å². The molecule has 4 aromatic rings. The van der Waals surface area contributed by atoms with Gasteiger partial charge in [-0.15, -0.1) is 0 Å². The van der Waals surface area contributed by atoms with Crippen LogP contribution < -0.4 is 15.0 Å². The highest BCUT2D eigenvalue weighted by Gasteiger charge is 2.25. The number of hydrogen-bond donors (Lipinski definition) is 1. The van der Waals surface area contributed by atoms with Crippen LogP contribution >= 0.6 is 0 Å². The van der Waals surface area contributed by atoms with Gasteiger partial charge in [-0.1, -0.05) is 31.8 Å². The number of likely N-dealkylation sites (N-methyl/N-ethyl adjacent to an activating group) is 1. The first-order valence-corrected chi connectivity index (χ1v) is 19.2. The first-order chi connectivity index (χ1) is 21.7. The number of carbonyl (C=O) groups excluding carboxylic acids is 1. The molecule has 0 atom stereocenters. The van der Waals surface area contributed by atoms with Crippen LogP contribution in [0.4, 0.5) is 11.5 Å². The van der Waals surface area contributed by atoms with Crippen LogP contribution in [0.2, 0.25) is 25.7 Å². The van der Waals surface area contributed by atoms with Crippen LogP contribution in [0.25, 0.3) is 34.7 Å². The molecule has 1 saturated heterocycles. The third kappa shape index (κ3) is 7.19. The van der Waals surface area contributed by atoms with E-state index in [1.165, 1.54) is 0 Å². The van der Waals surface area contributed by atoms with Gasteiger partial charge in [0.1, 0.15) is 18.3 Å². The zero-order valence-electron chi connectivity index (χ0n) is 26.8. The fourth-order valence-corrected chi connectivity index (χ4v) is 6.31. The molecule has 234 valence electrons. The van der Waals surface area contributed by atoms with Crippen LogP contribution in [0.3, 0.4) is 0 Å². The smallest absolute Gasteiger partial charge is 0.256 e. The molecule has 45 heavy (non-hydrogen) atoms. The van der Waals surface area contributed by atoms with Gasteiger partial charge >= 0.3 is 0 Å². The number of pyridine rings is 1. The largest absolute Gasteiger partial charge is 0.497 e. The van der Waals surface area contributed by atoms with Crippen LogP contribution in [0.1, 0.15) is 22.4 Å². The first-order valence-electron chi connectivity index (χ1n) is 15.5. The lowest BCUT2D eigenvalue weighted by molar-refractivity contribution is -0.110. The lowest BCUT2D eigenvalue weighted by atomic mass is 10.0. The number of piperazine rings is 1. The maximum atomic E-state index is 12.9. The number of anilines is 2. The highest BCUT2D eigenvalue weighted by atomic mass is 28.3. The minimum atomic E-state index is -1.22. The van der Waals surface area contributed by atoms with Gasteiger partial charge in [-0.25, -0.2) is 9.67 Å². The number of ether oxygens (including phenoxy) is 2. The van der Waals surface area contributed by atoms with Gasteiger partial charge < -0.3 is 24.6 Å². The second-order valence-corrected chi connectivity index (χ2v) is 18.6. The molecule has 10 heteroatoms. The second kappa shape index (κ2) is 13.0. The van der Waals surface area contributed by atoms with E-state index in [1.54, 1.807) is 7.11 Å². The summed E-state index contributed by atoms with van der Waals surface area (Å²) in [6.07, 6.45) is 7.94. The molecule has 1 N–H and O–H groups in total. The van der Waals surface area contributed by atoms with Crippen LogP contribution in [0.5, 0.6) is 5.75 Å². The van der Waals surface area contributed by atoms with E-state index in [4.69, 9.17) is 19.6 Å². The van der Waals surface area contributed by atoms with Gasteiger partial charge in [0, 0.05) is 69.3 Å². The standard InChI is InChI=1S/C35H42N6O3Si/c1-39-14-16-40(17-15-39)34-13-8-25(23-36-34)7-11-32-28-10-6-26(21-33(28)41(38-32)24-44-18-19-45(3,4)5)20-30-29-22-27(43-2)9-12-31(29)37-35(30)42/h6-13,20-23H,14-19,24H2,1-5H3,(H,37,42)/b11-7+,30-20+. The van der Waals surface area contributed by atoms with Crippen molar-refractivity contribution in [2.24, 2.45) is 0 Å². The number of nitrogens with zero attached hydrogens (tertiary/aromatic N) is 5. The Balaban J connectivity index is 1.28. The van der Waals surface area contributed by atoms with Crippen molar-refractivity contribution in [1.29, 1.82) is 0 Å². The summed E-state index contributed by atoms with van der Waals surface area (Å²) in [7, 11) is 2.57. The molecular formula is C35H42N6O3Si. The summed E-state index contributed by atoms with van der Waals surface area (Å²) in [5.74, 6) is 1.60. The number of nitrogens with one attached hydrogen (secondary N) is 1. The van der Waals surface area contributed by atoms with Gasteiger partial charge in [-0.2, -0.15) is 5.10 Å². The van der Waals surface area contributed by atoms with E-state index < -0.39 is 8.07 Å². The monoisotopic (exact) mass is 622 g/mol. The van der Waals surface area contributed by atoms with Gasteiger partial charge in [0.15, 0.2) is 0 Å². The number of benzene rings is 2. The Labute approximate surface area is 266 Å². The van der Waals surface area contributed by atoms with Gasteiger partial charge in [0.05, 0.1) is 18.3 Å². The fraction of sp³-hybridized carbons (Fsp3) is 0.343. The molecule has 2 aliphatic heterocycles. The second-order valence-electron chi connectivity index (χ2n) is 13.0. The summed E-state index contributed by atoms with van der Waals surface area (Å²) >= 11 is 0. The van der Waals surface area contributed by atoms with Gasteiger partial charge in [0.2, 0.25) is 0 Å². The number of hydrogen-bond acceptors (Lipinski definition) is 7. The maximum absolute atomic E-state index is 12.9. The Morgan fingerprint density at radius 2 is 1.78 bits per heavy atom. The lowest BCUT2D eigenvalue weighted by Gasteiger charge is -2.33. The lowest BCUT2D eigenvalue weighted by Crippen LogP contribution is -2.44. The molecule has 1 fully saturated rings. The molecule has 2 aromatic carbocycles. The molecule has 0 aliphatic carbocycles. The number of fused-ring (bicyclic) bond motifs is 2. The van der Waals surface area contributed by atoms with Crippen molar-refractivity contribution in [3.8, 4) is 5.75 Å². The van der Waals surface area contributed by atoms with Crippen LogP contribution in [0, 0.1) is 0 Å². The van der Waals surface area contributed by atoms with E-state index in [0.29, 0.717) is 24.7 Å². The normalized spacial score (nSPS) is 16.6. The Hall–Kier alpha value is -4.25. The Morgan fingerprint density at radius 3 is 2.51 bits per heavy atom. The molecule has 0 bridgehead atoms. The predicted octanol–water partition coefficient (Wildman–Crippen LogP) is 6.17. The third-order valence-corrected chi connectivity index (χ3v) is 10.1. The van der Waals surface area contributed by atoms with Crippen molar-refractivity contribution in [1.82, 2.24) is 19.7 Å². The van der Waals surface area contributed by atoms with Gasteiger partial charge in [-0.05, 0) is 78.8 Å². The number of carbonyl (C=O) groups is 1. The van der Waals surface area contributed by atoms with E-state index in [0.717, 1.165) is 77.0 Å². The van der Waals surface area contributed by atoms with E-state index in [1.807, 2.05) is 47.3 Å². The summed E-state index contributed by atoms with van der Waals surface area (Å²) in [6.45, 7) is 12.2. The molecule has 0 radical (unpaired) electrons. The minimum Gasteiger partial charge on any atom is -0.497 e. The van der Waals surface area contributed by atoms with Crippen LogP contribution in [-0.4, -0.2) is 80.6 Å². The number of amides is 1. The number of aromatic nitrogens is 3. The molecule has 2 aliphatic rings. The van der Waals surface area contributed by atoms with E-state index in [-0.39, 0.29) is 5.91 Å².